The molecule has 2 saturated heterocycles. The second kappa shape index (κ2) is 12.3. The number of nitriles is 1. The second-order valence-corrected chi connectivity index (χ2v) is 11.9. The van der Waals surface area contributed by atoms with Crippen LogP contribution in [0.4, 0.5) is 15.9 Å². The maximum absolute atomic E-state index is 14.5. The van der Waals surface area contributed by atoms with Crippen molar-refractivity contribution in [2.24, 2.45) is 5.92 Å². The molecule has 206 valence electrons. The van der Waals surface area contributed by atoms with E-state index >= 15 is 0 Å². The normalized spacial score (nSPS) is 17.1. The first-order valence-corrected chi connectivity index (χ1v) is 14.6. The van der Waals surface area contributed by atoms with E-state index in [1.54, 1.807) is 34.6 Å². The number of unbranched alkanes of at least 4 members (excludes halogenated alkanes) is 1. The van der Waals surface area contributed by atoms with Crippen molar-refractivity contribution in [3.05, 3.63) is 62.0 Å². The van der Waals surface area contributed by atoms with Crippen LogP contribution in [-0.2, 0) is 11.3 Å². The fourth-order valence-electron chi connectivity index (χ4n) is 5.03. The lowest BCUT2D eigenvalue weighted by molar-refractivity contribution is -0.122. The predicted molar refractivity (Wildman–Crippen MR) is 161 cm³/mol. The van der Waals surface area contributed by atoms with Crippen LogP contribution in [0.2, 0.25) is 0 Å². The largest absolute Gasteiger partial charge is 0.366 e. The number of benzene rings is 1. The third-order valence-electron chi connectivity index (χ3n) is 7.05. The Kier molecular flexibility index (Phi) is 9.13. The second-order valence-electron chi connectivity index (χ2n) is 10.3. The summed E-state index contributed by atoms with van der Waals surface area (Å²) in [4.78, 5) is 33.1. The number of thiocarbonyl (C=S) groups is 1. The number of amides is 1. The van der Waals surface area contributed by atoms with Gasteiger partial charge >= 0.3 is 0 Å². The summed E-state index contributed by atoms with van der Waals surface area (Å²) in [5, 5.41) is 9.92. The van der Waals surface area contributed by atoms with Crippen LogP contribution in [0.25, 0.3) is 6.08 Å². The maximum Gasteiger partial charge on any atom is 0.270 e. The van der Waals surface area contributed by atoms with Crippen LogP contribution < -0.4 is 15.4 Å². The van der Waals surface area contributed by atoms with Gasteiger partial charge in [0, 0.05) is 44.8 Å². The van der Waals surface area contributed by atoms with Gasteiger partial charge < -0.3 is 9.80 Å². The van der Waals surface area contributed by atoms with Gasteiger partial charge in [-0.15, -0.1) is 0 Å². The van der Waals surface area contributed by atoms with Crippen molar-refractivity contribution in [2.75, 3.05) is 42.5 Å². The zero-order valence-electron chi connectivity index (χ0n) is 22.9. The van der Waals surface area contributed by atoms with Gasteiger partial charge in [-0.1, -0.05) is 63.3 Å². The molecule has 2 aliphatic heterocycles. The molecule has 3 heterocycles. The van der Waals surface area contributed by atoms with Gasteiger partial charge in [-0.25, -0.2) is 4.39 Å². The molecule has 0 aliphatic carbocycles. The average Bonchev–Trinajstić information content (AvgIpc) is 3.17. The van der Waals surface area contributed by atoms with Crippen LogP contribution in [0.5, 0.6) is 0 Å². The van der Waals surface area contributed by atoms with Crippen LogP contribution in [0.1, 0.15) is 50.3 Å². The summed E-state index contributed by atoms with van der Waals surface area (Å²) >= 11 is 6.77. The highest BCUT2D eigenvalue weighted by atomic mass is 32.2. The number of rotatable bonds is 8. The Hall–Kier alpha value is -3.16. The summed E-state index contributed by atoms with van der Waals surface area (Å²) in [7, 11) is 0. The van der Waals surface area contributed by atoms with E-state index in [0.29, 0.717) is 71.1 Å². The van der Waals surface area contributed by atoms with Crippen LogP contribution in [-0.4, -0.2) is 52.4 Å². The predicted octanol–water partition coefficient (Wildman–Crippen LogP) is 5.15. The smallest absolute Gasteiger partial charge is 0.270 e. The van der Waals surface area contributed by atoms with Crippen molar-refractivity contribution in [1.29, 1.82) is 5.26 Å². The van der Waals surface area contributed by atoms with E-state index in [1.165, 1.54) is 17.8 Å². The van der Waals surface area contributed by atoms with Crippen LogP contribution >= 0.6 is 24.0 Å². The Balaban J connectivity index is 1.80. The molecule has 0 spiro atoms. The van der Waals surface area contributed by atoms with Gasteiger partial charge in [0.2, 0.25) is 0 Å². The molecule has 2 fully saturated rings. The number of para-hydroxylation sites is 1. The van der Waals surface area contributed by atoms with Gasteiger partial charge in [0.1, 0.15) is 27.6 Å². The number of hydrogen-bond donors (Lipinski definition) is 0. The highest BCUT2D eigenvalue weighted by Crippen LogP contribution is 2.36. The van der Waals surface area contributed by atoms with E-state index < -0.39 is 0 Å². The van der Waals surface area contributed by atoms with Crippen molar-refractivity contribution in [3.63, 3.8) is 0 Å². The third kappa shape index (κ3) is 5.89. The molecule has 1 aromatic carbocycles. The Morgan fingerprint density at radius 2 is 1.82 bits per heavy atom. The first-order valence-electron chi connectivity index (χ1n) is 13.3. The van der Waals surface area contributed by atoms with E-state index in [9.17, 15) is 19.2 Å². The van der Waals surface area contributed by atoms with Crippen molar-refractivity contribution in [2.45, 2.75) is 47.1 Å². The molecule has 10 heteroatoms. The minimum absolute atomic E-state index is 0.0868. The molecule has 0 bridgehead atoms. The zero-order chi connectivity index (χ0) is 28.3. The lowest BCUT2D eigenvalue weighted by atomic mass is 10.0. The molecule has 0 N–H and O–H groups in total. The third-order valence-corrected chi connectivity index (χ3v) is 8.43. The number of piperazine rings is 1. The molecule has 7 nitrogen and oxygen atoms in total. The number of hydrogen-bond acceptors (Lipinski definition) is 7. The minimum atomic E-state index is -0.320. The molecule has 1 aromatic heterocycles. The van der Waals surface area contributed by atoms with E-state index in [1.807, 2.05) is 24.8 Å². The lowest BCUT2D eigenvalue weighted by Crippen LogP contribution is -2.49. The van der Waals surface area contributed by atoms with Crippen LogP contribution in [0.3, 0.4) is 0 Å². The monoisotopic (exact) mass is 567 g/mol. The number of halogens is 1. The van der Waals surface area contributed by atoms with E-state index in [0.717, 1.165) is 12.8 Å². The molecule has 39 heavy (non-hydrogen) atoms. The number of pyridine rings is 1. The quantitative estimate of drug-likeness (QED) is 0.323. The fourth-order valence-corrected chi connectivity index (χ4v) is 6.29. The van der Waals surface area contributed by atoms with Crippen molar-refractivity contribution in [1.82, 2.24) is 9.47 Å². The number of nitrogens with zero attached hydrogens (tertiary/aromatic N) is 5. The lowest BCUT2D eigenvalue weighted by Gasteiger charge is -2.39. The summed E-state index contributed by atoms with van der Waals surface area (Å²) in [6.07, 6.45) is 3.45. The molecular formula is C29H34FN5O2S2. The van der Waals surface area contributed by atoms with Crippen molar-refractivity contribution >= 4 is 51.8 Å². The SMILES string of the molecule is CCCCn1c(N2CCN(c3ccccc3F)CC2)c(/C=C2\SC(=S)N(CC(C)C)C2=O)c(C)c(C#N)c1=O. The summed E-state index contributed by atoms with van der Waals surface area (Å²) in [6.45, 7) is 11.1. The van der Waals surface area contributed by atoms with E-state index in [-0.39, 0.29) is 28.8 Å². The molecule has 1 amide bonds. The molecular weight excluding hydrogens is 533 g/mol. The van der Waals surface area contributed by atoms with Crippen molar-refractivity contribution < 1.29 is 9.18 Å². The van der Waals surface area contributed by atoms with Gasteiger partial charge in [-0.2, -0.15) is 5.26 Å². The average molecular weight is 568 g/mol. The summed E-state index contributed by atoms with van der Waals surface area (Å²) in [5.74, 6) is 0.547. The number of carbonyl (C=O) groups is 1. The van der Waals surface area contributed by atoms with Gasteiger partial charge in [0.15, 0.2) is 0 Å². The molecule has 0 radical (unpaired) electrons. The number of aromatic nitrogens is 1. The number of carbonyl (C=O) groups excluding carboxylic acids is 1. The molecule has 0 unspecified atom stereocenters. The van der Waals surface area contributed by atoms with Gasteiger partial charge in [-0.3, -0.25) is 19.1 Å². The Morgan fingerprint density at radius 3 is 2.44 bits per heavy atom. The Labute approximate surface area is 238 Å². The highest BCUT2D eigenvalue weighted by Gasteiger charge is 2.34. The van der Waals surface area contributed by atoms with Gasteiger partial charge in [0.05, 0.1) is 10.6 Å². The minimum Gasteiger partial charge on any atom is -0.366 e. The zero-order valence-corrected chi connectivity index (χ0v) is 24.5. The van der Waals surface area contributed by atoms with E-state index in [4.69, 9.17) is 12.2 Å². The van der Waals surface area contributed by atoms with Gasteiger partial charge in [0.25, 0.3) is 11.5 Å². The summed E-state index contributed by atoms with van der Waals surface area (Å²) in [5.41, 5.74) is 1.57. The summed E-state index contributed by atoms with van der Waals surface area (Å²) in [6, 6.07) is 8.84. The Morgan fingerprint density at radius 1 is 1.15 bits per heavy atom. The number of anilines is 2. The Bertz CT molecular complexity index is 1400. The fraction of sp³-hybridized carbons (Fsp3) is 0.448. The van der Waals surface area contributed by atoms with Gasteiger partial charge in [-0.05, 0) is 43.0 Å². The summed E-state index contributed by atoms with van der Waals surface area (Å²) < 4.78 is 16.7. The topological polar surface area (TPSA) is 72.6 Å². The molecule has 0 saturated carbocycles. The maximum atomic E-state index is 14.5. The molecule has 2 aromatic rings. The highest BCUT2D eigenvalue weighted by molar-refractivity contribution is 8.26. The van der Waals surface area contributed by atoms with Crippen LogP contribution in [0.15, 0.2) is 34.0 Å². The molecule has 2 aliphatic rings. The standard InChI is InChI=1S/C29H34FN5O2S2/c1-5-6-11-34-26(33-14-12-32(13-15-33)24-10-8-7-9-23(24)30)21(20(4)22(17-31)27(34)36)16-25-28(37)35(18-19(2)3)29(38)39-25/h7-10,16,19H,5-6,11-15,18H2,1-4H3/b25-16-. The van der Waals surface area contributed by atoms with Crippen molar-refractivity contribution in [3.8, 4) is 6.07 Å². The molecule has 4 rings (SSSR count). The first kappa shape index (κ1) is 28.8. The van der Waals surface area contributed by atoms with E-state index in [2.05, 4.69) is 17.9 Å². The van der Waals surface area contributed by atoms with Crippen LogP contribution in [0, 0.1) is 30.0 Å². The number of thioether (sulfide) groups is 1. The molecule has 0 atom stereocenters. The first-order chi connectivity index (χ1) is 18.7.